The zero-order chi connectivity index (χ0) is 9.31. The summed E-state index contributed by atoms with van der Waals surface area (Å²) in [7, 11) is 0. The fraction of sp³-hybridized carbons (Fsp3) is 0.818. The molecule has 0 bridgehead atoms. The van der Waals surface area contributed by atoms with Crippen molar-refractivity contribution in [2.24, 2.45) is 5.41 Å². The molecule has 2 heteroatoms. The van der Waals surface area contributed by atoms with Gasteiger partial charge in [-0.1, -0.05) is 13.8 Å². The van der Waals surface area contributed by atoms with Crippen molar-refractivity contribution >= 4 is 0 Å². The minimum Gasteiger partial charge on any atom is -0.496 e. The Balaban J connectivity index is 2.04. The highest BCUT2D eigenvalue weighted by molar-refractivity contribution is 5.16. The monoisotopic (exact) mass is 181 g/mol. The molecule has 2 nitrogen and oxygen atoms in total. The summed E-state index contributed by atoms with van der Waals surface area (Å²) < 4.78 is 5.63. The summed E-state index contributed by atoms with van der Waals surface area (Å²) in [6.45, 7) is 6.42. The first-order chi connectivity index (χ1) is 6.26. The van der Waals surface area contributed by atoms with Crippen molar-refractivity contribution in [1.82, 2.24) is 5.32 Å². The van der Waals surface area contributed by atoms with Gasteiger partial charge in [0.15, 0.2) is 0 Å². The molecular formula is C11H19NO. The number of hydrogen-bond donors (Lipinski definition) is 1. The Kier molecular flexibility index (Phi) is 2.33. The van der Waals surface area contributed by atoms with Crippen molar-refractivity contribution in [2.45, 2.75) is 39.2 Å². The lowest BCUT2D eigenvalue weighted by atomic mass is 9.97. The molecule has 0 radical (unpaired) electrons. The van der Waals surface area contributed by atoms with Gasteiger partial charge in [0.05, 0.1) is 12.6 Å². The molecule has 1 aliphatic carbocycles. The fourth-order valence-corrected chi connectivity index (χ4v) is 2.02. The molecule has 2 aliphatic rings. The van der Waals surface area contributed by atoms with E-state index in [1.807, 2.05) is 0 Å². The van der Waals surface area contributed by atoms with Crippen molar-refractivity contribution in [3.63, 3.8) is 0 Å². The first kappa shape index (κ1) is 9.07. The van der Waals surface area contributed by atoms with Crippen LogP contribution in [0.5, 0.6) is 0 Å². The molecule has 0 aromatic carbocycles. The van der Waals surface area contributed by atoms with Crippen molar-refractivity contribution in [3.05, 3.63) is 11.8 Å². The van der Waals surface area contributed by atoms with Gasteiger partial charge in [0.1, 0.15) is 5.76 Å². The van der Waals surface area contributed by atoms with Crippen LogP contribution >= 0.6 is 0 Å². The van der Waals surface area contributed by atoms with Crippen LogP contribution in [0.2, 0.25) is 0 Å². The Labute approximate surface area is 80.4 Å². The molecule has 1 N–H and O–H groups in total. The molecule has 2 rings (SSSR count). The lowest BCUT2D eigenvalue weighted by molar-refractivity contribution is 0.191. The second kappa shape index (κ2) is 3.33. The van der Waals surface area contributed by atoms with Crippen molar-refractivity contribution in [1.29, 1.82) is 0 Å². The van der Waals surface area contributed by atoms with Gasteiger partial charge in [-0.2, -0.15) is 0 Å². The maximum atomic E-state index is 5.63. The van der Waals surface area contributed by atoms with Crippen LogP contribution in [-0.4, -0.2) is 19.2 Å². The summed E-state index contributed by atoms with van der Waals surface area (Å²) in [6.07, 6.45) is 6.01. The second-order valence-electron chi connectivity index (χ2n) is 4.39. The van der Waals surface area contributed by atoms with Gasteiger partial charge in [0, 0.05) is 6.42 Å². The number of nitrogens with one attached hydrogen (secondary N) is 1. The standard InChI is InChI=1S/C11H19NO/c1-3-12-10(11(2)6-7-11)9-5-4-8-13-9/h5,10,12H,3-4,6-8H2,1-2H3. The van der Waals surface area contributed by atoms with Gasteiger partial charge in [-0.05, 0) is 30.9 Å². The Morgan fingerprint density at radius 3 is 2.85 bits per heavy atom. The quantitative estimate of drug-likeness (QED) is 0.717. The average Bonchev–Trinajstić information content (AvgIpc) is 2.70. The van der Waals surface area contributed by atoms with Gasteiger partial charge in [0.2, 0.25) is 0 Å². The summed E-state index contributed by atoms with van der Waals surface area (Å²) in [5.41, 5.74) is 0.478. The van der Waals surface area contributed by atoms with E-state index < -0.39 is 0 Å². The molecule has 1 atom stereocenters. The highest BCUT2D eigenvalue weighted by atomic mass is 16.5. The van der Waals surface area contributed by atoms with Crippen LogP contribution in [0, 0.1) is 5.41 Å². The molecule has 0 saturated heterocycles. The molecule has 1 fully saturated rings. The van der Waals surface area contributed by atoms with Gasteiger partial charge in [-0.15, -0.1) is 0 Å². The average molecular weight is 181 g/mol. The van der Waals surface area contributed by atoms with Crippen LogP contribution in [-0.2, 0) is 4.74 Å². The fourth-order valence-electron chi connectivity index (χ4n) is 2.02. The van der Waals surface area contributed by atoms with Gasteiger partial charge in [-0.3, -0.25) is 0 Å². The number of likely N-dealkylation sites (N-methyl/N-ethyl adjacent to an activating group) is 1. The van der Waals surface area contributed by atoms with E-state index in [9.17, 15) is 0 Å². The van der Waals surface area contributed by atoms with Gasteiger partial charge >= 0.3 is 0 Å². The molecule has 74 valence electrons. The number of rotatable bonds is 4. The smallest absolute Gasteiger partial charge is 0.110 e. The zero-order valence-corrected chi connectivity index (χ0v) is 8.60. The molecule has 0 spiro atoms. The highest BCUT2D eigenvalue weighted by Crippen LogP contribution is 2.50. The summed E-state index contributed by atoms with van der Waals surface area (Å²) in [4.78, 5) is 0. The summed E-state index contributed by atoms with van der Waals surface area (Å²) in [5.74, 6) is 1.20. The van der Waals surface area contributed by atoms with E-state index in [4.69, 9.17) is 4.74 Å². The normalized spacial score (nSPS) is 26.5. The minimum absolute atomic E-state index is 0.472. The Morgan fingerprint density at radius 1 is 1.62 bits per heavy atom. The van der Waals surface area contributed by atoms with Crippen LogP contribution in [0.25, 0.3) is 0 Å². The maximum Gasteiger partial charge on any atom is 0.110 e. The first-order valence-corrected chi connectivity index (χ1v) is 5.32. The lowest BCUT2D eigenvalue weighted by Crippen LogP contribution is -2.38. The highest BCUT2D eigenvalue weighted by Gasteiger charge is 2.47. The van der Waals surface area contributed by atoms with Crippen LogP contribution in [0.1, 0.15) is 33.1 Å². The molecule has 13 heavy (non-hydrogen) atoms. The van der Waals surface area contributed by atoms with E-state index in [2.05, 4.69) is 25.2 Å². The molecular weight excluding hydrogens is 162 g/mol. The predicted octanol–water partition coefficient (Wildman–Crippen LogP) is 2.07. The van der Waals surface area contributed by atoms with Crippen molar-refractivity contribution < 1.29 is 4.74 Å². The van der Waals surface area contributed by atoms with Crippen LogP contribution in [0.15, 0.2) is 11.8 Å². The van der Waals surface area contributed by atoms with Crippen LogP contribution in [0.4, 0.5) is 0 Å². The molecule has 0 aromatic rings. The number of hydrogen-bond acceptors (Lipinski definition) is 2. The first-order valence-electron chi connectivity index (χ1n) is 5.32. The lowest BCUT2D eigenvalue weighted by Gasteiger charge is -2.25. The topological polar surface area (TPSA) is 21.3 Å². The van der Waals surface area contributed by atoms with Gasteiger partial charge < -0.3 is 10.1 Å². The number of ether oxygens (including phenoxy) is 1. The summed E-state index contributed by atoms with van der Waals surface area (Å²) in [5, 5.41) is 3.53. The van der Waals surface area contributed by atoms with E-state index in [1.165, 1.54) is 18.6 Å². The third-order valence-corrected chi connectivity index (χ3v) is 3.16. The van der Waals surface area contributed by atoms with E-state index >= 15 is 0 Å². The third kappa shape index (κ3) is 1.73. The van der Waals surface area contributed by atoms with Gasteiger partial charge in [0.25, 0.3) is 0 Å². The minimum atomic E-state index is 0.472. The van der Waals surface area contributed by atoms with E-state index in [0.29, 0.717) is 11.5 Å². The molecule has 1 unspecified atom stereocenters. The van der Waals surface area contributed by atoms with E-state index in [1.54, 1.807) is 0 Å². The SMILES string of the molecule is CCNC(C1=CCCO1)C1(C)CC1. The predicted molar refractivity (Wildman–Crippen MR) is 53.5 cm³/mol. The Hall–Kier alpha value is -0.500. The van der Waals surface area contributed by atoms with Crippen molar-refractivity contribution in [2.75, 3.05) is 13.2 Å². The van der Waals surface area contributed by atoms with Gasteiger partial charge in [-0.25, -0.2) is 0 Å². The maximum absolute atomic E-state index is 5.63. The molecule has 0 aromatic heterocycles. The summed E-state index contributed by atoms with van der Waals surface area (Å²) in [6, 6.07) is 0.472. The van der Waals surface area contributed by atoms with E-state index in [0.717, 1.165) is 19.6 Å². The largest absolute Gasteiger partial charge is 0.496 e. The van der Waals surface area contributed by atoms with Crippen molar-refractivity contribution in [3.8, 4) is 0 Å². The summed E-state index contributed by atoms with van der Waals surface area (Å²) >= 11 is 0. The molecule has 1 heterocycles. The molecule has 1 saturated carbocycles. The second-order valence-corrected chi connectivity index (χ2v) is 4.39. The molecule has 0 amide bonds. The Morgan fingerprint density at radius 2 is 2.38 bits per heavy atom. The van der Waals surface area contributed by atoms with Crippen LogP contribution < -0.4 is 5.32 Å². The molecule has 1 aliphatic heterocycles. The Bertz CT molecular complexity index is 218. The third-order valence-electron chi connectivity index (χ3n) is 3.16. The van der Waals surface area contributed by atoms with E-state index in [-0.39, 0.29) is 0 Å². The van der Waals surface area contributed by atoms with Crippen LogP contribution in [0.3, 0.4) is 0 Å². The zero-order valence-electron chi connectivity index (χ0n) is 8.60.